The van der Waals surface area contributed by atoms with Gasteiger partial charge in [-0.3, -0.25) is 4.90 Å². The minimum absolute atomic E-state index is 0.213. The molecule has 0 amide bonds. The summed E-state index contributed by atoms with van der Waals surface area (Å²) in [5.41, 5.74) is 2.52. The van der Waals surface area contributed by atoms with Crippen molar-refractivity contribution in [3.8, 4) is 0 Å². The van der Waals surface area contributed by atoms with Crippen LogP contribution in [0.4, 0.5) is 0 Å². The summed E-state index contributed by atoms with van der Waals surface area (Å²) in [5.74, 6) is 1.94. The molecule has 0 bridgehead atoms. The summed E-state index contributed by atoms with van der Waals surface area (Å²) in [6.07, 6.45) is 6.79. The molecule has 3 heterocycles. The van der Waals surface area contributed by atoms with E-state index in [9.17, 15) is 0 Å². The molecule has 1 spiro atoms. The third-order valence-electron chi connectivity index (χ3n) is 6.61. The summed E-state index contributed by atoms with van der Waals surface area (Å²) in [7, 11) is 0. The molecule has 0 N–H and O–H groups in total. The van der Waals surface area contributed by atoms with Gasteiger partial charge in [-0.15, -0.1) is 0 Å². The first-order chi connectivity index (χ1) is 11.7. The molecule has 1 saturated carbocycles. The lowest BCUT2D eigenvalue weighted by Gasteiger charge is -2.51. The van der Waals surface area contributed by atoms with Crippen LogP contribution in [-0.4, -0.2) is 59.9 Å². The van der Waals surface area contributed by atoms with E-state index in [2.05, 4.69) is 21.9 Å². The van der Waals surface area contributed by atoms with Crippen molar-refractivity contribution in [1.29, 1.82) is 0 Å². The maximum atomic E-state index is 5.92. The van der Waals surface area contributed by atoms with Gasteiger partial charge in [-0.1, -0.05) is 11.6 Å². The van der Waals surface area contributed by atoms with Crippen molar-refractivity contribution in [2.45, 2.75) is 58.0 Å². The molecule has 4 rings (SSSR count). The largest absolute Gasteiger partial charge is 0.378 e. The molecule has 1 aliphatic carbocycles. The zero-order valence-electron chi connectivity index (χ0n) is 15.2. The molecule has 2 aliphatic heterocycles. The fourth-order valence-corrected chi connectivity index (χ4v) is 4.58. The molecule has 5 heteroatoms. The molecule has 0 aromatic carbocycles. The highest BCUT2D eigenvalue weighted by Crippen LogP contribution is 2.35. The number of rotatable bonds is 4. The Morgan fingerprint density at radius 3 is 2.58 bits per heavy atom. The van der Waals surface area contributed by atoms with Crippen molar-refractivity contribution in [2.24, 2.45) is 5.92 Å². The average Bonchev–Trinajstić information content (AvgIpc) is 2.87. The van der Waals surface area contributed by atoms with E-state index in [1.165, 1.54) is 57.3 Å². The van der Waals surface area contributed by atoms with Crippen molar-refractivity contribution in [3.63, 3.8) is 0 Å². The van der Waals surface area contributed by atoms with Crippen molar-refractivity contribution in [1.82, 2.24) is 15.0 Å². The van der Waals surface area contributed by atoms with Crippen LogP contribution >= 0.6 is 0 Å². The Balaban J connectivity index is 1.42. The molecular weight excluding hydrogens is 302 g/mol. The third kappa shape index (κ3) is 3.14. The predicted molar refractivity (Wildman–Crippen MR) is 93.0 cm³/mol. The molecule has 0 unspecified atom stereocenters. The summed E-state index contributed by atoms with van der Waals surface area (Å²) in [6, 6.07) is 0. The number of piperidine rings is 1. The third-order valence-corrected chi connectivity index (χ3v) is 6.61. The maximum absolute atomic E-state index is 5.92. The van der Waals surface area contributed by atoms with Crippen LogP contribution in [0.15, 0.2) is 4.52 Å². The number of hydrogen-bond donors (Lipinski definition) is 0. The van der Waals surface area contributed by atoms with E-state index in [4.69, 9.17) is 9.26 Å². The van der Waals surface area contributed by atoms with Gasteiger partial charge < -0.3 is 14.2 Å². The fourth-order valence-electron chi connectivity index (χ4n) is 4.58. The molecule has 24 heavy (non-hydrogen) atoms. The van der Waals surface area contributed by atoms with Crippen LogP contribution in [0.25, 0.3) is 0 Å². The van der Waals surface area contributed by atoms with Crippen molar-refractivity contribution in [3.05, 3.63) is 17.0 Å². The minimum atomic E-state index is 0.213. The van der Waals surface area contributed by atoms with Crippen LogP contribution in [0.3, 0.4) is 0 Å². The summed E-state index contributed by atoms with van der Waals surface area (Å²) in [5, 5.41) is 4.13. The summed E-state index contributed by atoms with van der Waals surface area (Å²) in [6.45, 7) is 11.5. The number of morpholine rings is 1. The van der Waals surface area contributed by atoms with Crippen LogP contribution in [-0.2, 0) is 11.3 Å². The fraction of sp³-hybridized carbons (Fsp3) is 0.842. The first-order valence-electron chi connectivity index (χ1n) is 9.63. The van der Waals surface area contributed by atoms with E-state index >= 15 is 0 Å². The Hall–Kier alpha value is -0.910. The van der Waals surface area contributed by atoms with Gasteiger partial charge in [0.05, 0.1) is 18.9 Å². The van der Waals surface area contributed by atoms with E-state index in [0.29, 0.717) is 0 Å². The first kappa shape index (κ1) is 16.6. The van der Waals surface area contributed by atoms with Crippen LogP contribution in [0, 0.1) is 19.8 Å². The van der Waals surface area contributed by atoms with Gasteiger partial charge in [0.15, 0.2) is 0 Å². The van der Waals surface area contributed by atoms with Gasteiger partial charge in [0.1, 0.15) is 5.76 Å². The number of ether oxygens (including phenoxy) is 1. The Kier molecular flexibility index (Phi) is 4.67. The highest BCUT2D eigenvalue weighted by Gasteiger charge is 2.42. The van der Waals surface area contributed by atoms with Crippen molar-refractivity contribution in [2.75, 3.05) is 39.4 Å². The van der Waals surface area contributed by atoms with Gasteiger partial charge in [0.25, 0.3) is 0 Å². The number of aryl methyl sites for hydroxylation is 2. The molecule has 1 aromatic heterocycles. The first-order valence-corrected chi connectivity index (χ1v) is 9.63. The number of aromatic nitrogens is 1. The summed E-state index contributed by atoms with van der Waals surface area (Å²) >= 11 is 0. The van der Waals surface area contributed by atoms with Crippen molar-refractivity contribution < 1.29 is 9.26 Å². The zero-order chi connectivity index (χ0) is 16.6. The minimum Gasteiger partial charge on any atom is -0.378 e. The monoisotopic (exact) mass is 333 g/mol. The van der Waals surface area contributed by atoms with Crippen LogP contribution in [0.5, 0.6) is 0 Å². The van der Waals surface area contributed by atoms with Gasteiger partial charge >= 0.3 is 0 Å². The Bertz CT molecular complexity index is 539. The van der Waals surface area contributed by atoms with E-state index in [1.807, 2.05) is 6.92 Å². The van der Waals surface area contributed by atoms with E-state index in [0.717, 1.165) is 43.7 Å². The number of likely N-dealkylation sites (tertiary alicyclic amines) is 1. The van der Waals surface area contributed by atoms with Crippen molar-refractivity contribution >= 4 is 0 Å². The molecule has 0 radical (unpaired) electrons. The number of hydrogen-bond acceptors (Lipinski definition) is 5. The lowest BCUT2D eigenvalue weighted by molar-refractivity contribution is -0.101. The van der Waals surface area contributed by atoms with Gasteiger partial charge in [0, 0.05) is 30.7 Å². The Morgan fingerprint density at radius 1 is 1.17 bits per heavy atom. The standard InChI is InChI=1S/C19H31N3O2/c1-15-18(16(2)24-20-15)13-22-10-11-23-14-19(22)6-8-21(9-7-19)12-17-4-3-5-17/h17H,3-14H2,1-2H3. The second kappa shape index (κ2) is 6.77. The van der Waals surface area contributed by atoms with Crippen LogP contribution in [0.1, 0.15) is 49.1 Å². The number of nitrogens with zero attached hydrogens (tertiary/aromatic N) is 3. The smallest absolute Gasteiger partial charge is 0.138 e. The topological polar surface area (TPSA) is 41.7 Å². The highest BCUT2D eigenvalue weighted by molar-refractivity contribution is 5.21. The molecule has 134 valence electrons. The van der Waals surface area contributed by atoms with E-state index in [-0.39, 0.29) is 5.54 Å². The lowest BCUT2D eigenvalue weighted by Crippen LogP contribution is -2.61. The van der Waals surface area contributed by atoms with Crippen LogP contribution in [0.2, 0.25) is 0 Å². The molecule has 1 aromatic rings. The molecule has 5 nitrogen and oxygen atoms in total. The second-order valence-electron chi connectivity index (χ2n) is 8.10. The molecule has 2 saturated heterocycles. The Morgan fingerprint density at radius 2 is 1.96 bits per heavy atom. The molecular formula is C19H31N3O2. The second-order valence-corrected chi connectivity index (χ2v) is 8.10. The van der Waals surface area contributed by atoms with Gasteiger partial charge in [0.2, 0.25) is 0 Å². The average molecular weight is 333 g/mol. The van der Waals surface area contributed by atoms with E-state index in [1.54, 1.807) is 0 Å². The molecule has 0 atom stereocenters. The Labute approximate surface area is 145 Å². The summed E-state index contributed by atoms with van der Waals surface area (Å²) < 4.78 is 11.3. The quantitative estimate of drug-likeness (QED) is 0.847. The normalized spacial score (nSPS) is 25.9. The van der Waals surface area contributed by atoms with Gasteiger partial charge in [-0.2, -0.15) is 0 Å². The summed E-state index contributed by atoms with van der Waals surface area (Å²) in [4.78, 5) is 5.35. The molecule has 3 aliphatic rings. The lowest BCUT2D eigenvalue weighted by atomic mass is 9.82. The van der Waals surface area contributed by atoms with Crippen LogP contribution < -0.4 is 0 Å². The van der Waals surface area contributed by atoms with Gasteiger partial charge in [-0.25, -0.2) is 0 Å². The zero-order valence-corrected chi connectivity index (χ0v) is 15.2. The SMILES string of the molecule is Cc1noc(C)c1CN1CCOCC12CCN(CC1CCC1)CC2. The van der Waals surface area contributed by atoms with Gasteiger partial charge in [-0.05, 0) is 58.5 Å². The van der Waals surface area contributed by atoms with E-state index < -0.39 is 0 Å². The maximum Gasteiger partial charge on any atom is 0.138 e. The molecule has 3 fully saturated rings. The predicted octanol–water partition coefficient (Wildman–Crippen LogP) is 2.76. The highest BCUT2D eigenvalue weighted by atomic mass is 16.5.